The van der Waals surface area contributed by atoms with Gasteiger partial charge in [0.2, 0.25) is 0 Å². The number of aliphatic hydroxyl groups is 1. The SMILES string of the molecule is COc1cnc2c(NCc3nnc4ccc(-c5cc(CO)no5)nn34)ccnc2c1. The zero-order valence-corrected chi connectivity index (χ0v) is 15.8. The molecule has 0 aliphatic carbocycles. The number of hydrogen-bond acceptors (Lipinski definition) is 10. The zero-order chi connectivity index (χ0) is 20.5. The maximum Gasteiger partial charge on any atom is 0.187 e. The van der Waals surface area contributed by atoms with Gasteiger partial charge in [-0.1, -0.05) is 5.16 Å². The van der Waals surface area contributed by atoms with Gasteiger partial charge in [0.25, 0.3) is 0 Å². The van der Waals surface area contributed by atoms with Crippen LogP contribution in [0.4, 0.5) is 5.69 Å². The smallest absolute Gasteiger partial charge is 0.187 e. The van der Waals surface area contributed by atoms with Crippen LogP contribution in [0.5, 0.6) is 5.75 Å². The first-order chi connectivity index (χ1) is 14.7. The van der Waals surface area contributed by atoms with Gasteiger partial charge in [-0.25, -0.2) is 4.98 Å². The monoisotopic (exact) mass is 404 g/mol. The van der Waals surface area contributed by atoms with E-state index in [4.69, 9.17) is 9.26 Å². The van der Waals surface area contributed by atoms with Crippen LogP contribution in [0.3, 0.4) is 0 Å². The minimum absolute atomic E-state index is 0.201. The summed E-state index contributed by atoms with van der Waals surface area (Å²) in [5, 5.41) is 29.2. The third-order valence-corrected chi connectivity index (χ3v) is 4.53. The van der Waals surface area contributed by atoms with Gasteiger partial charge in [-0.2, -0.15) is 9.61 Å². The molecule has 5 aromatic rings. The van der Waals surface area contributed by atoms with Gasteiger partial charge in [0.15, 0.2) is 17.2 Å². The van der Waals surface area contributed by atoms with Crippen molar-refractivity contribution >= 4 is 22.4 Å². The third kappa shape index (κ3) is 3.16. The Kier molecular flexibility index (Phi) is 4.41. The number of aromatic nitrogens is 7. The molecule has 0 spiro atoms. The van der Waals surface area contributed by atoms with Crippen molar-refractivity contribution in [3.05, 3.63) is 54.2 Å². The van der Waals surface area contributed by atoms with Crippen LogP contribution in [0.15, 0.2) is 47.2 Å². The molecule has 0 bridgehead atoms. The lowest BCUT2D eigenvalue weighted by molar-refractivity contribution is 0.267. The molecular weight excluding hydrogens is 388 g/mol. The highest BCUT2D eigenvalue weighted by molar-refractivity contribution is 5.87. The quantitative estimate of drug-likeness (QED) is 0.431. The highest BCUT2D eigenvalue weighted by Crippen LogP contribution is 2.23. The van der Waals surface area contributed by atoms with Crippen molar-refractivity contribution in [2.45, 2.75) is 13.2 Å². The second kappa shape index (κ2) is 7.37. The van der Waals surface area contributed by atoms with Crippen LogP contribution < -0.4 is 10.1 Å². The first-order valence-corrected chi connectivity index (χ1v) is 9.06. The van der Waals surface area contributed by atoms with Crippen molar-refractivity contribution in [2.75, 3.05) is 12.4 Å². The van der Waals surface area contributed by atoms with E-state index in [1.807, 2.05) is 12.1 Å². The summed E-state index contributed by atoms with van der Waals surface area (Å²) in [6, 6.07) is 8.85. The summed E-state index contributed by atoms with van der Waals surface area (Å²) in [5.41, 5.74) is 3.83. The van der Waals surface area contributed by atoms with Crippen LogP contribution in [0, 0.1) is 0 Å². The first-order valence-electron chi connectivity index (χ1n) is 9.06. The molecule has 0 saturated heterocycles. The van der Waals surface area contributed by atoms with E-state index in [1.54, 1.807) is 42.2 Å². The van der Waals surface area contributed by atoms with E-state index in [0.29, 0.717) is 40.9 Å². The molecule has 0 fully saturated rings. The first kappa shape index (κ1) is 17.9. The van der Waals surface area contributed by atoms with E-state index in [2.05, 4.69) is 35.7 Å². The number of ether oxygens (including phenoxy) is 1. The van der Waals surface area contributed by atoms with Crippen molar-refractivity contribution < 1.29 is 14.4 Å². The van der Waals surface area contributed by atoms with Crippen molar-refractivity contribution in [2.24, 2.45) is 0 Å². The molecule has 5 aromatic heterocycles. The van der Waals surface area contributed by atoms with Gasteiger partial charge in [0.1, 0.15) is 22.7 Å². The summed E-state index contributed by atoms with van der Waals surface area (Å²) in [4.78, 5) is 8.77. The second-order valence-electron chi connectivity index (χ2n) is 6.40. The lowest BCUT2D eigenvalue weighted by Gasteiger charge is -2.08. The molecule has 150 valence electrons. The predicted octanol–water partition coefficient (Wildman–Crippen LogP) is 1.84. The van der Waals surface area contributed by atoms with Crippen LogP contribution in [0.2, 0.25) is 0 Å². The number of rotatable bonds is 6. The Morgan fingerprint density at radius 2 is 2.10 bits per heavy atom. The molecule has 0 unspecified atom stereocenters. The van der Waals surface area contributed by atoms with Crippen molar-refractivity contribution in [1.82, 2.24) is 34.9 Å². The van der Waals surface area contributed by atoms with E-state index in [9.17, 15) is 5.11 Å². The van der Waals surface area contributed by atoms with Gasteiger partial charge < -0.3 is 19.7 Å². The van der Waals surface area contributed by atoms with Crippen molar-refractivity contribution in [3.8, 4) is 17.2 Å². The minimum atomic E-state index is -0.201. The maximum absolute atomic E-state index is 9.17. The Balaban J connectivity index is 1.44. The number of hydrogen-bond donors (Lipinski definition) is 2. The van der Waals surface area contributed by atoms with E-state index >= 15 is 0 Å². The molecule has 11 nitrogen and oxygen atoms in total. The lowest BCUT2D eigenvalue weighted by Crippen LogP contribution is -2.07. The molecule has 5 heterocycles. The highest BCUT2D eigenvalue weighted by atomic mass is 16.5. The summed E-state index contributed by atoms with van der Waals surface area (Å²) < 4.78 is 12.1. The lowest BCUT2D eigenvalue weighted by atomic mass is 10.2. The topological polar surface area (TPSA) is 136 Å². The molecule has 2 N–H and O–H groups in total. The van der Waals surface area contributed by atoms with Gasteiger partial charge in [-0.3, -0.25) is 4.98 Å². The molecule has 0 radical (unpaired) electrons. The fraction of sp³-hybridized carbons (Fsp3) is 0.158. The molecule has 0 atom stereocenters. The number of pyridine rings is 2. The van der Waals surface area contributed by atoms with E-state index in [0.717, 1.165) is 16.7 Å². The average Bonchev–Trinajstić information content (AvgIpc) is 3.43. The van der Waals surface area contributed by atoms with Gasteiger partial charge in [0, 0.05) is 18.3 Å². The molecule has 0 saturated carbocycles. The van der Waals surface area contributed by atoms with E-state index < -0.39 is 0 Å². The number of methoxy groups -OCH3 is 1. The molecule has 0 aliphatic rings. The van der Waals surface area contributed by atoms with Crippen molar-refractivity contribution in [1.29, 1.82) is 0 Å². The molecule has 11 heteroatoms. The van der Waals surface area contributed by atoms with E-state index in [-0.39, 0.29) is 6.61 Å². The Morgan fingerprint density at radius 1 is 1.17 bits per heavy atom. The summed E-state index contributed by atoms with van der Waals surface area (Å²) in [6.45, 7) is 0.163. The average molecular weight is 404 g/mol. The summed E-state index contributed by atoms with van der Waals surface area (Å²) >= 11 is 0. The number of fused-ring (bicyclic) bond motifs is 2. The fourth-order valence-electron chi connectivity index (χ4n) is 3.02. The number of nitrogens with zero attached hydrogens (tertiary/aromatic N) is 7. The second-order valence-corrected chi connectivity index (χ2v) is 6.40. The van der Waals surface area contributed by atoms with Crippen LogP contribution in [0.25, 0.3) is 28.1 Å². The standard InChI is InChI=1S/C19H16N8O3/c1-29-12-7-15-19(22-8-12)14(4-5-20-15)21-9-18-24-23-17-3-2-13(25-27(17)18)16-6-11(10-28)26-30-16/h2-8,28H,9-10H2,1H3,(H,20,21). The molecule has 0 amide bonds. The van der Waals surface area contributed by atoms with Gasteiger partial charge in [-0.05, 0) is 18.2 Å². The van der Waals surface area contributed by atoms with Crippen LogP contribution in [-0.2, 0) is 13.2 Å². The largest absolute Gasteiger partial charge is 0.495 e. The Bertz CT molecular complexity index is 1350. The zero-order valence-electron chi connectivity index (χ0n) is 15.8. The third-order valence-electron chi connectivity index (χ3n) is 4.53. The Hall–Kier alpha value is -4.12. The predicted molar refractivity (Wildman–Crippen MR) is 106 cm³/mol. The normalized spacial score (nSPS) is 11.3. The number of anilines is 1. The maximum atomic E-state index is 9.17. The summed E-state index contributed by atoms with van der Waals surface area (Å²) in [7, 11) is 1.59. The molecule has 5 rings (SSSR count). The minimum Gasteiger partial charge on any atom is -0.495 e. The molecular formula is C19H16N8O3. The number of nitrogens with one attached hydrogen (secondary N) is 1. The Labute approximate surface area is 169 Å². The van der Waals surface area contributed by atoms with Gasteiger partial charge in [0.05, 0.1) is 37.7 Å². The highest BCUT2D eigenvalue weighted by Gasteiger charge is 2.13. The summed E-state index contributed by atoms with van der Waals surface area (Å²) in [6.07, 6.45) is 3.35. The summed E-state index contributed by atoms with van der Waals surface area (Å²) in [5.74, 6) is 1.70. The Morgan fingerprint density at radius 3 is 2.93 bits per heavy atom. The molecule has 0 aliphatic heterocycles. The van der Waals surface area contributed by atoms with Gasteiger partial charge >= 0.3 is 0 Å². The van der Waals surface area contributed by atoms with E-state index in [1.165, 1.54) is 0 Å². The fourth-order valence-corrected chi connectivity index (χ4v) is 3.02. The van der Waals surface area contributed by atoms with Crippen molar-refractivity contribution in [3.63, 3.8) is 0 Å². The van der Waals surface area contributed by atoms with Crippen LogP contribution in [0.1, 0.15) is 11.5 Å². The molecule has 30 heavy (non-hydrogen) atoms. The van der Waals surface area contributed by atoms with Crippen LogP contribution in [-0.4, -0.2) is 47.2 Å². The molecule has 0 aromatic carbocycles. The number of aliphatic hydroxyl groups excluding tert-OH is 1. The van der Waals surface area contributed by atoms with Gasteiger partial charge in [-0.15, -0.1) is 10.2 Å². The van der Waals surface area contributed by atoms with Crippen LogP contribution >= 0.6 is 0 Å².